The van der Waals surface area contributed by atoms with Crippen molar-refractivity contribution in [1.82, 2.24) is 9.97 Å². The molecule has 2 aromatic heterocycles. The molecule has 0 aromatic carbocycles. The average Bonchev–Trinajstić information content (AvgIpc) is 2.89. The minimum absolute atomic E-state index is 0.366. The summed E-state index contributed by atoms with van der Waals surface area (Å²) in [5, 5.41) is 0. The van der Waals surface area contributed by atoms with Crippen LogP contribution in [0.25, 0.3) is 0 Å². The average molecular weight is 493 g/mol. The fraction of sp³-hybridized carbons (Fsp3) is 0.645. The third-order valence-corrected chi connectivity index (χ3v) is 8.40. The molecule has 5 heteroatoms. The van der Waals surface area contributed by atoms with Gasteiger partial charge < -0.3 is 9.47 Å². The largest absolute Gasteiger partial charge is 0.522 e. The molecule has 0 spiro atoms. The Morgan fingerprint density at radius 3 is 1.47 bits per heavy atom. The van der Waals surface area contributed by atoms with Gasteiger partial charge in [-0.25, -0.2) is 14.8 Å². The fourth-order valence-electron chi connectivity index (χ4n) is 6.41. The Morgan fingerprint density at radius 1 is 0.694 bits per heavy atom. The van der Waals surface area contributed by atoms with Crippen LogP contribution in [0.5, 0.6) is 11.8 Å². The molecule has 4 rings (SSSR count). The third-order valence-electron chi connectivity index (χ3n) is 8.40. The van der Waals surface area contributed by atoms with Crippen molar-refractivity contribution in [3.63, 3.8) is 0 Å². The molecule has 0 saturated heterocycles. The summed E-state index contributed by atoms with van der Waals surface area (Å²) in [5.74, 6) is 3.73. The van der Waals surface area contributed by atoms with Gasteiger partial charge in [-0.15, -0.1) is 0 Å². The Kier molecular flexibility index (Phi) is 10.2. The maximum Gasteiger partial charge on any atom is 0.522 e. The van der Waals surface area contributed by atoms with Crippen molar-refractivity contribution in [3.8, 4) is 11.8 Å². The van der Waals surface area contributed by atoms with Gasteiger partial charge in [-0.1, -0.05) is 77.3 Å². The summed E-state index contributed by atoms with van der Waals surface area (Å²) < 4.78 is 11.2. The standard InChI is InChI=1S/C31H44N2O3/c1-3-7-23-11-15-25(16-12-23)21-27-9-5-19-32-29(27)35-31(34)36-30-28(10-6-20-33-30)22-26-17-13-24(8-4-2)14-18-26/h5-6,9-10,19-20,23-26H,3-4,7-8,11-18,21-22H2,1-2H3. The molecule has 5 nitrogen and oxygen atoms in total. The molecule has 2 aliphatic rings. The summed E-state index contributed by atoms with van der Waals surface area (Å²) in [6.07, 6.45) is 19.8. The Balaban J connectivity index is 1.32. The number of ether oxygens (including phenoxy) is 2. The highest BCUT2D eigenvalue weighted by Crippen LogP contribution is 2.36. The van der Waals surface area contributed by atoms with Crippen molar-refractivity contribution in [2.24, 2.45) is 23.7 Å². The van der Waals surface area contributed by atoms with Crippen LogP contribution in [-0.4, -0.2) is 16.1 Å². The van der Waals surface area contributed by atoms with Gasteiger partial charge in [0.2, 0.25) is 11.8 Å². The predicted octanol–water partition coefficient (Wildman–Crippen LogP) is 8.35. The number of carbonyl (C=O) groups excluding carboxylic acids is 1. The van der Waals surface area contributed by atoms with E-state index < -0.39 is 6.16 Å². The summed E-state index contributed by atoms with van der Waals surface area (Å²) in [5.41, 5.74) is 1.97. The fourth-order valence-corrected chi connectivity index (χ4v) is 6.41. The molecule has 0 bridgehead atoms. The van der Waals surface area contributed by atoms with Crippen LogP contribution >= 0.6 is 0 Å². The second-order valence-corrected chi connectivity index (χ2v) is 11.1. The van der Waals surface area contributed by atoms with Gasteiger partial charge in [-0.05, 0) is 74.3 Å². The van der Waals surface area contributed by atoms with Crippen LogP contribution in [0.15, 0.2) is 36.7 Å². The number of rotatable bonds is 10. The van der Waals surface area contributed by atoms with Gasteiger partial charge in [0, 0.05) is 23.5 Å². The van der Waals surface area contributed by atoms with Gasteiger partial charge in [0.15, 0.2) is 0 Å². The summed E-state index contributed by atoms with van der Waals surface area (Å²) >= 11 is 0. The lowest BCUT2D eigenvalue weighted by atomic mass is 9.78. The molecular weight excluding hydrogens is 448 g/mol. The van der Waals surface area contributed by atoms with Gasteiger partial charge in [-0.2, -0.15) is 0 Å². The van der Waals surface area contributed by atoms with Crippen LogP contribution in [0, 0.1) is 23.7 Å². The van der Waals surface area contributed by atoms with Gasteiger partial charge in [0.05, 0.1) is 0 Å². The number of pyridine rings is 2. The number of hydrogen-bond acceptors (Lipinski definition) is 5. The summed E-state index contributed by atoms with van der Waals surface area (Å²) in [4.78, 5) is 21.5. The molecule has 2 aromatic rings. The van der Waals surface area contributed by atoms with Gasteiger partial charge in [0.25, 0.3) is 0 Å². The molecule has 36 heavy (non-hydrogen) atoms. The third kappa shape index (κ3) is 7.78. The van der Waals surface area contributed by atoms with Crippen LogP contribution < -0.4 is 9.47 Å². The molecule has 0 unspecified atom stereocenters. The van der Waals surface area contributed by atoms with Crippen molar-refractivity contribution in [2.45, 2.75) is 104 Å². The van der Waals surface area contributed by atoms with Crippen LogP contribution in [-0.2, 0) is 12.8 Å². The molecule has 2 heterocycles. The molecule has 2 aliphatic carbocycles. The van der Waals surface area contributed by atoms with Crippen molar-refractivity contribution < 1.29 is 14.3 Å². The van der Waals surface area contributed by atoms with E-state index in [1.165, 1.54) is 77.0 Å². The van der Waals surface area contributed by atoms with E-state index in [0.29, 0.717) is 23.6 Å². The SMILES string of the molecule is CCCC1CCC(Cc2cccnc2OC(=O)Oc2ncccc2CC2CCC(CCC)CC2)CC1. The maximum absolute atomic E-state index is 12.8. The predicted molar refractivity (Wildman–Crippen MR) is 143 cm³/mol. The summed E-state index contributed by atoms with van der Waals surface area (Å²) in [6.45, 7) is 4.55. The topological polar surface area (TPSA) is 61.3 Å². The van der Waals surface area contributed by atoms with Gasteiger partial charge >= 0.3 is 6.16 Å². The monoisotopic (exact) mass is 492 g/mol. The first-order valence-electron chi connectivity index (χ1n) is 14.4. The Hall–Kier alpha value is -2.43. The molecular formula is C31H44N2O3. The summed E-state index contributed by atoms with van der Waals surface area (Å²) in [7, 11) is 0. The first-order valence-corrected chi connectivity index (χ1v) is 14.4. The van der Waals surface area contributed by atoms with Crippen LogP contribution in [0.4, 0.5) is 4.79 Å². The summed E-state index contributed by atoms with van der Waals surface area (Å²) in [6, 6.07) is 7.88. The zero-order valence-electron chi connectivity index (χ0n) is 22.3. The number of hydrogen-bond donors (Lipinski definition) is 0. The highest BCUT2D eigenvalue weighted by atomic mass is 16.7. The molecule has 2 fully saturated rings. The number of aromatic nitrogens is 2. The molecule has 2 saturated carbocycles. The van der Waals surface area contributed by atoms with E-state index >= 15 is 0 Å². The Bertz CT molecular complexity index is 871. The molecule has 0 N–H and O–H groups in total. The van der Waals surface area contributed by atoms with Crippen molar-refractivity contribution in [2.75, 3.05) is 0 Å². The maximum atomic E-state index is 12.8. The quantitative estimate of drug-likeness (QED) is 0.312. The second-order valence-electron chi connectivity index (χ2n) is 11.1. The minimum Gasteiger partial charge on any atom is -0.375 e. The van der Waals surface area contributed by atoms with E-state index in [1.54, 1.807) is 12.4 Å². The highest BCUT2D eigenvalue weighted by molar-refractivity contribution is 5.66. The van der Waals surface area contributed by atoms with E-state index in [2.05, 4.69) is 23.8 Å². The lowest BCUT2D eigenvalue weighted by molar-refractivity contribution is 0.146. The highest BCUT2D eigenvalue weighted by Gasteiger charge is 2.25. The zero-order chi connectivity index (χ0) is 25.2. The molecule has 196 valence electrons. The minimum atomic E-state index is -0.756. The van der Waals surface area contributed by atoms with E-state index in [4.69, 9.17) is 9.47 Å². The lowest BCUT2D eigenvalue weighted by Crippen LogP contribution is -2.20. The first kappa shape index (κ1) is 26.6. The smallest absolute Gasteiger partial charge is 0.375 e. The van der Waals surface area contributed by atoms with E-state index in [9.17, 15) is 4.79 Å². The lowest BCUT2D eigenvalue weighted by Gasteiger charge is -2.28. The zero-order valence-corrected chi connectivity index (χ0v) is 22.3. The number of nitrogens with zero attached hydrogens (tertiary/aromatic N) is 2. The van der Waals surface area contributed by atoms with E-state index in [-0.39, 0.29) is 0 Å². The van der Waals surface area contributed by atoms with Gasteiger partial charge in [0.1, 0.15) is 0 Å². The van der Waals surface area contributed by atoms with Gasteiger partial charge in [-0.3, -0.25) is 0 Å². The van der Waals surface area contributed by atoms with Crippen LogP contribution in [0.3, 0.4) is 0 Å². The van der Waals surface area contributed by atoms with Crippen LogP contribution in [0.2, 0.25) is 0 Å². The van der Waals surface area contributed by atoms with E-state index in [0.717, 1.165) is 35.8 Å². The second kappa shape index (κ2) is 13.8. The van der Waals surface area contributed by atoms with E-state index in [1.807, 2.05) is 24.3 Å². The number of carbonyl (C=O) groups is 1. The molecule has 0 atom stereocenters. The molecule has 0 radical (unpaired) electrons. The molecule has 0 amide bonds. The Morgan fingerprint density at radius 2 is 1.08 bits per heavy atom. The molecule has 0 aliphatic heterocycles. The van der Waals surface area contributed by atoms with Crippen LogP contribution in [0.1, 0.15) is 102 Å². The first-order chi connectivity index (χ1) is 17.6. The Labute approximate surface area is 217 Å². The van der Waals surface area contributed by atoms with Crippen molar-refractivity contribution in [1.29, 1.82) is 0 Å². The van der Waals surface area contributed by atoms with Crippen molar-refractivity contribution in [3.05, 3.63) is 47.8 Å². The van der Waals surface area contributed by atoms with Crippen molar-refractivity contribution >= 4 is 6.16 Å². The normalized spacial score (nSPS) is 24.3.